The van der Waals surface area contributed by atoms with Crippen LogP contribution in [0.2, 0.25) is 10.0 Å². The molecule has 2 aliphatic rings. The lowest BCUT2D eigenvalue weighted by atomic mass is 9.84. The highest BCUT2D eigenvalue weighted by atomic mass is 35.5. The molecule has 6 nitrogen and oxygen atoms in total. The molecule has 0 radical (unpaired) electrons. The van der Waals surface area contributed by atoms with Crippen LogP contribution in [0, 0.1) is 5.92 Å². The van der Waals surface area contributed by atoms with E-state index >= 15 is 0 Å². The van der Waals surface area contributed by atoms with Gasteiger partial charge in [0, 0.05) is 32.2 Å². The molecule has 150 valence electrons. The fraction of sp³-hybridized carbons (Fsp3) is 0.632. The first-order valence-electron chi connectivity index (χ1n) is 9.64. The van der Waals surface area contributed by atoms with Crippen LogP contribution in [0.1, 0.15) is 32.1 Å². The molecule has 0 unspecified atom stereocenters. The Bertz CT molecular complexity index is 657. The number of aromatic hydroxyl groups is 1. The summed E-state index contributed by atoms with van der Waals surface area (Å²) in [5.41, 5.74) is 6.09. The number of phenolic OH excluding ortho intramolecular Hbond substituents is 1. The third-order valence-corrected chi connectivity index (χ3v) is 6.66. The minimum Gasteiger partial charge on any atom is -0.506 e. The quantitative estimate of drug-likeness (QED) is 0.688. The number of rotatable bonds is 5. The van der Waals surface area contributed by atoms with Crippen molar-refractivity contribution in [3.63, 3.8) is 0 Å². The van der Waals surface area contributed by atoms with Crippen LogP contribution in [-0.4, -0.2) is 54.8 Å². The summed E-state index contributed by atoms with van der Waals surface area (Å²) >= 11 is 12.3. The predicted molar refractivity (Wildman–Crippen MR) is 110 cm³/mol. The molecular formula is C19H28Cl2N4O2. The Balaban J connectivity index is 1.40. The second-order valence-electron chi connectivity index (χ2n) is 7.58. The maximum absolute atomic E-state index is 10.9. The zero-order chi connectivity index (χ0) is 19.4. The smallest absolute Gasteiger partial charge is 0.312 e. The van der Waals surface area contributed by atoms with E-state index in [2.05, 4.69) is 15.1 Å². The van der Waals surface area contributed by atoms with Gasteiger partial charge in [0.05, 0.1) is 10.7 Å². The number of halogens is 2. The van der Waals surface area contributed by atoms with Crippen LogP contribution in [0.4, 0.5) is 10.5 Å². The van der Waals surface area contributed by atoms with Gasteiger partial charge in [0.15, 0.2) is 0 Å². The van der Waals surface area contributed by atoms with E-state index in [1.54, 1.807) is 6.07 Å². The minimum atomic E-state index is -0.411. The molecule has 1 heterocycles. The highest BCUT2D eigenvalue weighted by Crippen LogP contribution is 2.38. The van der Waals surface area contributed by atoms with Crippen molar-refractivity contribution >= 4 is 34.9 Å². The van der Waals surface area contributed by atoms with Gasteiger partial charge < -0.3 is 21.1 Å². The van der Waals surface area contributed by atoms with E-state index in [4.69, 9.17) is 28.9 Å². The largest absolute Gasteiger partial charge is 0.506 e. The SMILES string of the molecule is NC(=O)N[C@H]1CC[C@H](CCN2CCN(c3ccc(O)c(Cl)c3Cl)CC2)CC1. The summed E-state index contributed by atoms with van der Waals surface area (Å²) in [7, 11) is 0. The van der Waals surface area contributed by atoms with Gasteiger partial charge in [-0.25, -0.2) is 4.79 Å². The molecule has 0 atom stereocenters. The molecule has 0 bridgehead atoms. The molecule has 1 aliphatic carbocycles. The second-order valence-corrected chi connectivity index (χ2v) is 8.33. The zero-order valence-electron chi connectivity index (χ0n) is 15.5. The van der Waals surface area contributed by atoms with Crippen LogP contribution in [0.5, 0.6) is 5.75 Å². The third-order valence-electron chi connectivity index (χ3n) is 5.80. The maximum Gasteiger partial charge on any atom is 0.312 e. The highest BCUT2D eigenvalue weighted by Gasteiger charge is 2.24. The van der Waals surface area contributed by atoms with Crippen LogP contribution in [0.3, 0.4) is 0 Å². The van der Waals surface area contributed by atoms with Crippen molar-refractivity contribution in [3.8, 4) is 5.75 Å². The Labute approximate surface area is 170 Å². The molecule has 0 aromatic heterocycles. The lowest BCUT2D eigenvalue weighted by molar-refractivity contribution is 0.207. The number of carbonyl (C=O) groups is 1. The lowest BCUT2D eigenvalue weighted by Gasteiger charge is -2.37. The highest BCUT2D eigenvalue weighted by molar-refractivity contribution is 6.44. The normalized spacial score (nSPS) is 24.0. The molecule has 1 saturated heterocycles. The average molecular weight is 415 g/mol. The van der Waals surface area contributed by atoms with E-state index in [1.807, 2.05) is 6.07 Å². The summed E-state index contributed by atoms with van der Waals surface area (Å²) in [6.45, 7) is 4.89. The molecular weight excluding hydrogens is 387 g/mol. The molecule has 0 spiro atoms. The maximum atomic E-state index is 10.9. The number of nitrogens with two attached hydrogens (primary N) is 1. The fourth-order valence-corrected chi connectivity index (χ4v) is 4.59. The van der Waals surface area contributed by atoms with Crippen LogP contribution < -0.4 is 16.0 Å². The first-order chi connectivity index (χ1) is 12.9. The number of benzene rings is 1. The molecule has 2 amide bonds. The number of hydrogen-bond acceptors (Lipinski definition) is 4. The average Bonchev–Trinajstić information content (AvgIpc) is 2.66. The number of urea groups is 1. The summed E-state index contributed by atoms with van der Waals surface area (Å²) in [5.74, 6) is 0.754. The van der Waals surface area contributed by atoms with E-state index in [0.29, 0.717) is 5.02 Å². The van der Waals surface area contributed by atoms with E-state index < -0.39 is 6.03 Å². The Morgan fingerprint density at radius 3 is 2.41 bits per heavy atom. The van der Waals surface area contributed by atoms with Crippen molar-refractivity contribution < 1.29 is 9.90 Å². The third kappa shape index (κ3) is 5.33. The Hall–Kier alpha value is -1.37. The van der Waals surface area contributed by atoms with Gasteiger partial charge in [-0.2, -0.15) is 0 Å². The van der Waals surface area contributed by atoms with E-state index in [0.717, 1.165) is 70.0 Å². The van der Waals surface area contributed by atoms with E-state index in [9.17, 15) is 9.90 Å². The molecule has 1 aromatic rings. The molecule has 1 aliphatic heterocycles. The monoisotopic (exact) mass is 414 g/mol. The molecule has 1 saturated carbocycles. The van der Waals surface area contributed by atoms with Crippen LogP contribution in [0.25, 0.3) is 0 Å². The van der Waals surface area contributed by atoms with Gasteiger partial charge in [-0.15, -0.1) is 0 Å². The Morgan fingerprint density at radius 1 is 1.11 bits per heavy atom. The van der Waals surface area contributed by atoms with Crippen molar-refractivity contribution in [1.82, 2.24) is 10.2 Å². The Morgan fingerprint density at radius 2 is 1.78 bits per heavy atom. The van der Waals surface area contributed by atoms with Crippen LogP contribution in [0.15, 0.2) is 12.1 Å². The minimum absolute atomic E-state index is 0.0183. The summed E-state index contributed by atoms with van der Waals surface area (Å²) in [4.78, 5) is 15.7. The van der Waals surface area contributed by atoms with Crippen LogP contribution in [-0.2, 0) is 0 Å². The van der Waals surface area contributed by atoms with Gasteiger partial charge >= 0.3 is 6.03 Å². The number of primary amides is 1. The van der Waals surface area contributed by atoms with Crippen molar-refractivity contribution in [2.45, 2.75) is 38.1 Å². The number of anilines is 1. The van der Waals surface area contributed by atoms with Gasteiger partial charge in [-0.05, 0) is 56.7 Å². The number of nitrogens with zero attached hydrogens (tertiary/aromatic N) is 2. The number of amides is 2. The number of piperazine rings is 1. The number of nitrogens with one attached hydrogen (secondary N) is 1. The van der Waals surface area contributed by atoms with E-state index in [1.165, 1.54) is 6.42 Å². The standard InChI is InChI=1S/C19H28Cl2N4O2/c20-17-15(5-6-16(26)18(17)21)25-11-9-24(10-12-25)8-7-13-1-3-14(4-2-13)23-19(22)27/h5-6,13-14,26H,1-4,7-12H2,(H3,22,23,27)/t13-,14-. The first-order valence-corrected chi connectivity index (χ1v) is 10.4. The molecule has 2 fully saturated rings. The van der Waals surface area contributed by atoms with Gasteiger partial charge in [0.1, 0.15) is 10.8 Å². The van der Waals surface area contributed by atoms with E-state index in [-0.39, 0.29) is 16.8 Å². The molecule has 4 N–H and O–H groups in total. The number of hydrogen-bond donors (Lipinski definition) is 3. The Kier molecular flexibility index (Phi) is 6.95. The molecule has 1 aromatic carbocycles. The first kappa shape index (κ1) is 20.4. The van der Waals surface area contributed by atoms with Gasteiger partial charge in [-0.1, -0.05) is 23.2 Å². The summed E-state index contributed by atoms with van der Waals surface area (Å²) in [6.07, 6.45) is 5.58. The molecule has 3 rings (SSSR count). The lowest BCUT2D eigenvalue weighted by Crippen LogP contribution is -2.47. The second kappa shape index (κ2) is 9.22. The molecule has 27 heavy (non-hydrogen) atoms. The van der Waals surface area contributed by atoms with Crippen molar-refractivity contribution in [3.05, 3.63) is 22.2 Å². The molecule has 8 heteroatoms. The van der Waals surface area contributed by atoms with Crippen molar-refractivity contribution in [1.29, 1.82) is 0 Å². The summed E-state index contributed by atoms with van der Waals surface area (Å²) < 4.78 is 0. The topological polar surface area (TPSA) is 81.8 Å². The summed E-state index contributed by atoms with van der Waals surface area (Å²) in [6, 6.07) is 3.27. The van der Waals surface area contributed by atoms with Gasteiger partial charge in [0.2, 0.25) is 0 Å². The number of phenols is 1. The fourth-order valence-electron chi connectivity index (χ4n) is 4.15. The predicted octanol–water partition coefficient (Wildman–Crippen LogP) is 3.44. The number of carbonyl (C=O) groups excluding carboxylic acids is 1. The van der Waals surface area contributed by atoms with Crippen LogP contribution >= 0.6 is 23.2 Å². The van der Waals surface area contributed by atoms with Gasteiger partial charge in [-0.3, -0.25) is 4.90 Å². The zero-order valence-corrected chi connectivity index (χ0v) is 17.0. The van der Waals surface area contributed by atoms with Gasteiger partial charge in [0.25, 0.3) is 0 Å². The van der Waals surface area contributed by atoms with Crippen molar-refractivity contribution in [2.75, 3.05) is 37.6 Å². The van der Waals surface area contributed by atoms with Crippen molar-refractivity contribution in [2.24, 2.45) is 11.7 Å². The summed E-state index contributed by atoms with van der Waals surface area (Å²) in [5, 5.41) is 13.1.